The number of hydrogen-bond donors (Lipinski definition) is 4. The first-order valence-electron chi connectivity index (χ1n) is 12.9. The Hall–Kier alpha value is -1.40. The van der Waals surface area contributed by atoms with Crippen LogP contribution in [0.15, 0.2) is 35.5 Å². The second-order valence-electron chi connectivity index (χ2n) is 11.6. The predicted octanol–water partition coefficient (Wildman–Crippen LogP) is 4.94. The lowest BCUT2D eigenvalue weighted by Gasteiger charge is -2.45. The van der Waals surface area contributed by atoms with Gasteiger partial charge in [-0.2, -0.15) is 26.3 Å². The fourth-order valence-corrected chi connectivity index (χ4v) is 7.09. The van der Waals surface area contributed by atoms with Crippen LogP contribution in [0.25, 0.3) is 0 Å². The van der Waals surface area contributed by atoms with Crippen molar-refractivity contribution in [1.29, 1.82) is 0 Å². The first-order chi connectivity index (χ1) is 16.9. The first-order valence-corrected chi connectivity index (χ1v) is 12.9. The molecule has 0 aliphatic heterocycles. The topological polar surface area (TPSA) is 112 Å². The van der Waals surface area contributed by atoms with Crippen LogP contribution in [0.2, 0.25) is 0 Å². The van der Waals surface area contributed by atoms with E-state index in [1.165, 1.54) is 5.57 Å². The summed E-state index contributed by atoms with van der Waals surface area (Å²) in [7, 11) is 0. The van der Waals surface area contributed by atoms with Crippen LogP contribution in [-0.2, 0) is 0 Å². The van der Waals surface area contributed by atoms with Crippen LogP contribution in [0.3, 0.4) is 0 Å². The molecule has 3 aliphatic rings. The Kier molecular flexibility index (Phi) is 10.0. The van der Waals surface area contributed by atoms with Crippen molar-refractivity contribution in [1.82, 2.24) is 0 Å². The van der Waals surface area contributed by atoms with Gasteiger partial charge < -0.3 is 25.9 Å². The van der Waals surface area contributed by atoms with Gasteiger partial charge in [0.2, 0.25) is 0 Å². The molecule has 220 valence electrons. The van der Waals surface area contributed by atoms with Crippen LogP contribution in [0.5, 0.6) is 0 Å². The quantitative estimate of drug-likeness (QED) is 0.346. The molecule has 3 saturated carbocycles. The minimum atomic E-state index is -5.95. The monoisotopic (exact) mass is 558 g/mol. The van der Waals surface area contributed by atoms with E-state index >= 15 is 0 Å². The van der Waals surface area contributed by atoms with Crippen LogP contribution in [-0.4, -0.2) is 62.2 Å². The molecular formula is C27H40F6O5. The third-order valence-electron chi connectivity index (χ3n) is 9.10. The fraction of sp³-hybridized carbons (Fsp3) is 0.778. The molecule has 3 fully saturated rings. The molecule has 0 spiro atoms. The van der Waals surface area contributed by atoms with E-state index in [9.17, 15) is 46.8 Å². The fourth-order valence-electron chi connectivity index (χ4n) is 7.09. The van der Waals surface area contributed by atoms with Crippen LogP contribution in [0.4, 0.5) is 26.3 Å². The van der Waals surface area contributed by atoms with Gasteiger partial charge in [0.1, 0.15) is 0 Å². The maximum atomic E-state index is 13.1. The molecule has 5 nitrogen and oxygen atoms in total. The van der Waals surface area contributed by atoms with Crippen molar-refractivity contribution >= 4 is 0 Å². The summed E-state index contributed by atoms with van der Waals surface area (Å²) in [4.78, 5) is 0. The van der Waals surface area contributed by atoms with Gasteiger partial charge in [-0.15, -0.1) is 0 Å². The van der Waals surface area contributed by atoms with Gasteiger partial charge >= 0.3 is 12.4 Å². The molecule has 0 amide bonds. The molecule has 0 heterocycles. The highest BCUT2D eigenvalue weighted by molar-refractivity contribution is 5.38. The maximum Gasteiger partial charge on any atom is 0.426 e. The Morgan fingerprint density at radius 2 is 1.68 bits per heavy atom. The number of allylic oxidation sites excluding steroid dienone is 3. The molecule has 0 radical (unpaired) electrons. The van der Waals surface area contributed by atoms with Crippen molar-refractivity contribution in [3.05, 3.63) is 35.5 Å². The lowest BCUT2D eigenvalue weighted by Crippen LogP contribution is -2.58. The molecule has 3 aliphatic carbocycles. The van der Waals surface area contributed by atoms with Gasteiger partial charge in [0.05, 0.1) is 18.3 Å². The minimum Gasteiger partial charge on any atom is -0.412 e. The summed E-state index contributed by atoms with van der Waals surface area (Å²) in [6, 6.07) is 0. The lowest BCUT2D eigenvalue weighted by atomic mass is 9.60. The van der Waals surface area contributed by atoms with E-state index < -0.39 is 42.7 Å². The number of aliphatic hydroxyl groups excluding tert-OH is 3. The van der Waals surface area contributed by atoms with Crippen molar-refractivity contribution in [2.75, 3.05) is 0 Å². The molecule has 0 aromatic carbocycles. The van der Waals surface area contributed by atoms with E-state index in [0.29, 0.717) is 12.0 Å². The molecule has 0 bridgehead atoms. The highest BCUT2D eigenvalue weighted by Crippen LogP contribution is 2.60. The zero-order chi connectivity index (χ0) is 28.0. The highest BCUT2D eigenvalue weighted by Gasteiger charge is 2.70. The van der Waals surface area contributed by atoms with Crippen molar-refractivity contribution < 1.29 is 52.2 Å². The Morgan fingerprint density at radius 3 is 2.26 bits per heavy atom. The molecule has 7 atom stereocenters. The number of rotatable bonds is 6. The molecule has 0 aromatic rings. The zero-order valence-electron chi connectivity index (χ0n) is 21.7. The van der Waals surface area contributed by atoms with E-state index in [1.54, 1.807) is 6.92 Å². The summed E-state index contributed by atoms with van der Waals surface area (Å²) in [5.41, 5.74) is -2.61. The summed E-state index contributed by atoms with van der Waals surface area (Å²) in [5, 5.41) is 39.8. The van der Waals surface area contributed by atoms with E-state index in [1.807, 2.05) is 12.2 Å². The zero-order valence-corrected chi connectivity index (χ0v) is 21.7. The van der Waals surface area contributed by atoms with Crippen molar-refractivity contribution in [3.8, 4) is 0 Å². The average molecular weight is 559 g/mol. The van der Waals surface area contributed by atoms with Crippen LogP contribution < -0.4 is 0 Å². The van der Waals surface area contributed by atoms with Crippen LogP contribution in [0, 0.1) is 23.2 Å². The van der Waals surface area contributed by atoms with Gasteiger partial charge in [-0.1, -0.05) is 38.2 Å². The van der Waals surface area contributed by atoms with E-state index in [4.69, 9.17) is 0 Å². The summed E-state index contributed by atoms with van der Waals surface area (Å²) in [5.74, 6) is -0.185. The van der Waals surface area contributed by atoms with Crippen molar-refractivity contribution in [3.63, 3.8) is 0 Å². The number of hydrogen-bond acceptors (Lipinski definition) is 4. The third-order valence-corrected chi connectivity index (χ3v) is 9.10. The Morgan fingerprint density at radius 1 is 1.08 bits per heavy atom. The predicted molar refractivity (Wildman–Crippen MR) is 130 cm³/mol. The normalized spacial score (nSPS) is 34.7. The number of fused-ring (bicyclic) bond motifs is 1. The van der Waals surface area contributed by atoms with Crippen LogP contribution >= 0.6 is 0 Å². The number of alkyl halides is 6. The van der Waals surface area contributed by atoms with Gasteiger partial charge in [0.25, 0.3) is 5.60 Å². The summed E-state index contributed by atoms with van der Waals surface area (Å²) >= 11 is 0. The Bertz CT molecular complexity index is 897. The molecule has 38 heavy (non-hydrogen) atoms. The Labute approximate surface area is 219 Å². The van der Waals surface area contributed by atoms with Gasteiger partial charge in [-0.25, -0.2) is 0 Å². The van der Waals surface area contributed by atoms with Gasteiger partial charge in [-0.3, -0.25) is 0 Å². The average Bonchev–Trinajstić information content (AvgIpc) is 3.11. The summed E-state index contributed by atoms with van der Waals surface area (Å²) < 4.78 is 78.4. The van der Waals surface area contributed by atoms with Gasteiger partial charge in [-0.05, 0) is 79.3 Å². The van der Waals surface area contributed by atoms with Crippen LogP contribution in [0.1, 0.15) is 71.6 Å². The summed E-state index contributed by atoms with van der Waals surface area (Å²) in [6.07, 6.45) is -8.72. The second-order valence-corrected chi connectivity index (χ2v) is 11.6. The largest absolute Gasteiger partial charge is 0.426 e. The van der Waals surface area contributed by atoms with E-state index in [0.717, 1.165) is 37.7 Å². The van der Waals surface area contributed by atoms with Gasteiger partial charge in [0, 0.05) is 12.8 Å². The van der Waals surface area contributed by atoms with Crippen molar-refractivity contribution in [2.45, 2.75) is 108 Å². The lowest BCUT2D eigenvalue weighted by molar-refractivity contribution is -0.374. The van der Waals surface area contributed by atoms with Gasteiger partial charge in [0.15, 0.2) is 0 Å². The molecule has 3 rings (SSSR count). The molecule has 0 unspecified atom stereocenters. The first kappa shape index (κ1) is 32.8. The van der Waals surface area contributed by atoms with E-state index in [2.05, 4.69) is 13.5 Å². The molecule has 11 heteroatoms. The second kappa shape index (κ2) is 11.6. The van der Waals surface area contributed by atoms with Crippen molar-refractivity contribution in [2.24, 2.45) is 23.2 Å². The molecule has 0 aromatic heterocycles. The standard InChI is InChI=1S/C27H38F6O4.H2O/c1-15(11-20(35)14-25(37,26(28,29)30)27(31,32)33)21-8-9-22-17(5-4-10-24(21,22)3)6-7-18-12-19(34)13-23(36)16(18)2;/h6-7,15,19-23,34-37H,2,4-5,8-14H2,1,3H3;1H2/b17-6+,18-7-;/t15-,19-,20+,21-,22+,23+,24-;/m1./s1. The molecular weight excluding hydrogens is 518 g/mol. The molecule has 0 saturated heterocycles. The molecule has 6 N–H and O–H groups in total. The summed E-state index contributed by atoms with van der Waals surface area (Å²) in [6.45, 7) is 7.78. The SMILES string of the molecule is C=C1/C(=C\C=C2/CCC[C@]3(C)[C@@H]([C@H](C)C[C@H](O)CC(O)(C(F)(F)F)C(F)(F)F)CC[C@@H]23)C[C@@H](O)C[C@@H]1O.O. The maximum absolute atomic E-state index is 13.1. The number of aliphatic hydroxyl groups is 4. The third kappa shape index (κ3) is 6.32. The number of halogens is 6. The smallest absolute Gasteiger partial charge is 0.412 e. The Balaban J connectivity index is 0.00000507. The minimum absolute atomic E-state index is 0. The van der Waals surface area contributed by atoms with E-state index in [-0.39, 0.29) is 41.5 Å². The highest BCUT2D eigenvalue weighted by atomic mass is 19.4.